The van der Waals surface area contributed by atoms with E-state index in [1.165, 1.54) is 15.2 Å². The van der Waals surface area contributed by atoms with Gasteiger partial charge in [-0.15, -0.1) is 0 Å². The number of nitro benzene ring substituents is 1. The summed E-state index contributed by atoms with van der Waals surface area (Å²) in [6.45, 7) is 3.80. The second kappa shape index (κ2) is 7.33. The van der Waals surface area contributed by atoms with Crippen LogP contribution >= 0.6 is 0 Å². The number of benzene rings is 2. The SMILES string of the molecule is Cc1ccccc1C(=O)N1CCN(c2cc3c(cc2[N+](=O)[O-])n(C)c(=O)n3C)CC1. The molecule has 1 amide bonds. The number of rotatable bonds is 3. The van der Waals surface area contributed by atoms with Crippen LogP contribution in [-0.2, 0) is 14.1 Å². The second-order valence-corrected chi connectivity index (χ2v) is 7.58. The van der Waals surface area contributed by atoms with E-state index in [0.717, 1.165) is 5.56 Å². The molecule has 1 aliphatic rings. The molecule has 2 aromatic carbocycles. The van der Waals surface area contributed by atoms with Crippen LogP contribution in [0.1, 0.15) is 15.9 Å². The van der Waals surface area contributed by atoms with Crippen LogP contribution < -0.4 is 10.6 Å². The molecule has 1 aliphatic heterocycles. The standard InChI is InChI=1S/C21H23N5O4/c1-14-6-4-5-7-15(14)20(27)25-10-8-24(9-11-25)18-12-16-17(13-19(18)26(29)30)23(3)21(28)22(16)2/h4-7,12-13H,8-11H2,1-3H3. The van der Waals surface area contributed by atoms with Gasteiger partial charge in [0.1, 0.15) is 5.69 Å². The number of hydrogen-bond donors (Lipinski definition) is 0. The summed E-state index contributed by atoms with van der Waals surface area (Å²) in [4.78, 5) is 40.1. The Morgan fingerprint density at radius 3 is 2.20 bits per heavy atom. The minimum absolute atomic E-state index is 0.0249. The average Bonchev–Trinajstić information content (AvgIpc) is 2.96. The van der Waals surface area contributed by atoms with E-state index in [0.29, 0.717) is 48.5 Å². The summed E-state index contributed by atoms with van der Waals surface area (Å²) in [5.74, 6) is -0.0249. The van der Waals surface area contributed by atoms with Gasteiger partial charge in [-0.25, -0.2) is 4.79 Å². The van der Waals surface area contributed by atoms with Gasteiger partial charge in [0.2, 0.25) is 0 Å². The van der Waals surface area contributed by atoms with Crippen LogP contribution in [0.3, 0.4) is 0 Å². The first-order valence-corrected chi connectivity index (χ1v) is 9.73. The molecule has 3 aromatic rings. The quantitative estimate of drug-likeness (QED) is 0.488. The fourth-order valence-electron chi connectivity index (χ4n) is 4.06. The van der Waals surface area contributed by atoms with E-state index in [1.807, 2.05) is 36.1 Å². The van der Waals surface area contributed by atoms with Gasteiger partial charge in [0.15, 0.2) is 0 Å². The molecular weight excluding hydrogens is 386 g/mol. The number of nitrogens with zero attached hydrogens (tertiary/aromatic N) is 5. The number of piperazine rings is 1. The van der Waals surface area contributed by atoms with E-state index in [2.05, 4.69) is 0 Å². The highest BCUT2D eigenvalue weighted by molar-refractivity contribution is 5.96. The first-order chi connectivity index (χ1) is 14.3. The Morgan fingerprint density at radius 2 is 1.60 bits per heavy atom. The highest BCUT2D eigenvalue weighted by Gasteiger charge is 2.28. The Hall–Kier alpha value is -3.62. The summed E-state index contributed by atoms with van der Waals surface area (Å²) in [6, 6.07) is 10.6. The molecule has 1 fully saturated rings. The maximum Gasteiger partial charge on any atom is 0.328 e. The first kappa shape index (κ1) is 19.7. The number of aromatic nitrogens is 2. The number of amides is 1. The zero-order chi connectivity index (χ0) is 21.6. The molecule has 1 saturated heterocycles. The number of imidazole rings is 1. The molecule has 1 aromatic heterocycles. The Kier molecular flexibility index (Phi) is 4.81. The lowest BCUT2D eigenvalue weighted by molar-refractivity contribution is -0.384. The van der Waals surface area contributed by atoms with Gasteiger partial charge in [0, 0.05) is 51.9 Å². The number of carbonyl (C=O) groups excluding carboxylic acids is 1. The lowest BCUT2D eigenvalue weighted by Gasteiger charge is -2.36. The normalized spacial score (nSPS) is 14.4. The summed E-state index contributed by atoms with van der Waals surface area (Å²) in [5, 5.41) is 11.7. The number of anilines is 1. The summed E-state index contributed by atoms with van der Waals surface area (Å²) >= 11 is 0. The fourth-order valence-corrected chi connectivity index (χ4v) is 4.06. The second-order valence-electron chi connectivity index (χ2n) is 7.58. The largest absolute Gasteiger partial charge is 0.362 e. The lowest BCUT2D eigenvalue weighted by atomic mass is 10.1. The molecule has 0 saturated carbocycles. The van der Waals surface area contributed by atoms with E-state index >= 15 is 0 Å². The molecule has 4 rings (SSSR count). The van der Waals surface area contributed by atoms with Gasteiger partial charge in [-0.1, -0.05) is 18.2 Å². The number of fused-ring (bicyclic) bond motifs is 1. The van der Waals surface area contributed by atoms with Crippen molar-refractivity contribution in [3.05, 3.63) is 68.1 Å². The van der Waals surface area contributed by atoms with Gasteiger partial charge in [0.05, 0.1) is 16.0 Å². The van der Waals surface area contributed by atoms with Gasteiger partial charge in [-0.3, -0.25) is 24.0 Å². The average molecular weight is 409 g/mol. The number of aryl methyl sites for hydroxylation is 3. The van der Waals surface area contributed by atoms with Gasteiger partial charge < -0.3 is 9.80 Å². The molecule has 0 radical (unpaired) electrons. The molecule has 9 heteroatoms. The van der Waals surface area contributed by atoms with Gasteiger partial charge in [-0.05, 0) is 24.6 Å². The van der Waals surface area contributed by atoms with Crippen LogP contribution in [0.15, 0.2) is 41.2 Å². The summed E-state index contributed by atoms with van der Waals surface area (Å²) in [6.07, 6.45) is 0. The Balaban J connectivity index is 1.63. The third-order valence-electron chi connectivity index (χ3n) is 5.85. The van der Waals surface area contributed by atoms with Crippen molar-refractivity contribution in [3.63, 3.8) is 0 Å². The Bertz CT molecular complexity index is 1220. The minimum Gasteiger partial charge on any atom is -0.362 e. The van der Waals surface area contributed by atoms with E-state index in [9.17, 15) is 19.7 Å². The molecule has 0 unspecified atom stereocenters. The Labute approximate surface area is 172 Å². The smallest absolute Gasteiger partial charge is 0.328 e. The summed E-state index contributed by atoms with van der Waals surface area (Å²) in [5.41, 5.74) is 2.96. The van der Waals surface area contributed by atoms with E-state index < -0.39 is 4.92 Å². The zero-order valence-electron chi connectivity index (χ0n) is 17.2. The van der Waals surface area contributed by atoms with Gasteiger partial charge >= 0.3 is 5.69 Å². The van der Waals surface area contributed by atoms with Crippen molar-refractivity contribution < 1.29 is 9.72 Å². The van der Waals surface area contributed by atoms with Crippen molar-refractivity contribution in [3.8, 4) is 0 Å². The number of nitro groups is 1. The van der Waals surface area contributed by atoms with Crippen molar-refractivity contribution >= 4 is 28.3 Å². The Morgan fingerprint density at radius 1 is 1.00 bits per heavy atom. The fraction of sp³-hybridized carbons (Fsp3) is 0.333. The highest BCUT2D eigenvalue weighted by atomic mass is 16.6. The third-order valence-corrected chi connectivity index (χ3v) is 5.85. The molecule has 0 N–H and O–H groups in total. The van der Waals surface area contributed by atoms with E-state index in [1.54, 1.807) is 25.1 Å². The van der Waals surface area contributed by atoms with Gasteiger partial charge in [-0.2, -0.15) is 0 Å². The molecule has 2 heterocycles. The van der Waals surface area contributed by atoms with Crippen LogP contribution in [-0.4, -0.2) is 51.0 Å². The maximum absolute atomic E-state index is 12.9. The molecule has 30 heavy (non-hydrogen) atoms. The molecule has 156 valence electrons. The highest BCUT2D eigenvalue weighted by Crippen LogP contribution is 2.33. The first-order valence-electron chi connectivity index (χ1n) is 9.73. The minimum atomic E-state index is -0.420. The van der Waals surface area contributed by atoms with Crippen molar-refractivity contribution in [1.82, 2.24) is 14.0 Å². The van der Waals surface area contributed by atoms with Crippen LogP contribution in [0.25, 0.3) is 11.0 Å². The molecule has 0 aliphatic carbocycles. The van der Waals surface area contributed by atoms with Crippen LogP contribution in [0, 0.1) is 17.0 Å². The third kappa shape index (κ3) is 3.12. The van der Waals surface area contributed by atoms with Crippen LogP contribution in [0.4, 0.5) is 11.4 Å². The molecule has 0 bridgehead atoms. The zero-order valence-corrected chi connectivity index (χ0v) is 17.2. The van der Waals surface area contributed by atoms with Crippen molar-refractivity contribution in [2.75, 3.05) is 31.1 Å². The summed E-state index contributed by atoms with van der Waals surface area (Å²) < 4.78 is 2.89. The van der Waals surface area contributed by atoms with E-state index in [4.69, 9.17) is 0 Å². The molecule has 0 spiro atoms. The van der Waals surface area contributed by atoms with Crippen molar-refractivity contribution in [1.29, 1.82) is 0 Å². The van der Waals surface area contributed by atoms with E-state index in [-0.39, 0.29) is 17.3 Å². The molecular formula is C21H23N5O4. The monoisotopic (exact) mass is 409 g/mol. The molecule has 0 atom stereocenters. The number of carbonyl (C=O) groups is 1. The van der Waals surface area contributed by atoms with Crippen LogP contribution in [0.5, 0.6) is 0 Å². The predicted octanol–water partition coefficient (Wildman–Crippen LogP) is 2.06. The summed E-state index contributed by atoms with van der Waals surface area (Å²) in [7, 11) is 3.25. The topological polar surface area (TPSA) is 93.6 Å². The van der Waals surface area contributed by atoms with Gasteiger partial charge in [0.25, 0.3) is 11.6 Å². The lowest BCUT2D eigenvalue weighted by Crippen LogP contribution is -2.49. The number of hydrogen-bond acceptors (Lipinski definition) is 5. The maximum atomic E-state index is 12.9. The van der Waals surface area contributed by atoms with Crippen LogP contribution in [0.2, 0.25) is 0 Å². The van der Waals surface area contributed by atoms with Crippen molar-refractivity contribution in [2.24, 2.45) is 14.1 Å². The molecule has 9 nitrogen and oxygen atoms in total. The van der Waals surface area contributed by atoms with Crippen molar-refractivity contribution in [2.45, 2.75) is 6.92 Å². The predicted molar refractivity (Wildman–Crippen MR) is 114 cm³/mol.